The highest BCUT2D eigenvalue weighted by atomic mass is 31.2. The summed E-state index contributed by atoms with van der Waals surface area (Å²) in [5.41, 5.74) is 0. The maximum atomic E-state index is 13.1. The molecule has 0 N–H and O–H groups in total. The predicted molar refractivity (Wildman–Crippen MR) is 178 cm³/mol. The van der Waals surface area contributed by atoms with E-state index in [0.717, 1.165) is 0 Å². The number of hydrogen-bond acceptors (Lipinski definition) is 8. The average molecular weight is 653 g/mol. The third kappa shape index (κ3) is 10.3. The van der Waals surface area contributed by atoms with E-state index in [0.29, 0.717) is 34.5 Å². The lowest BCUT2D eigenvalue weighted by atomic mass is 10.3. The van der Waals surface area contributed by atoms with Crippen LogP contribution >= 0.6 is 15.6 Å². The molecular formula is C36H30O8P2. The molecule has 0 aliphatic heterocycles. The van der Waals surface area contributed by atoms with E-state index in [1.165, 1.54) is 0 Å². The van der Waals surface area contributed by atoms with Gasteiger partial charge in [-0.3, -0.25) is 0 Å². The molecule has 0 amide bonds. The Morgan fingerprint density at radius 2 is 0.370 bits per heavy atom. The number of phosphoric ester groups is 2. The Hall–Kier alpha value is -5.42. The second-order valence-corrected chi connectivity index (χ2v) is 12.2. The highest BCUT2D eigenvalue weighted by Crippen LogP contribution is 2.50. The molecule has 0 saturated carbocycles. The van der Waals surface area contributed by atoms with Gasteiger partial charge in [0.15, 0.2) is 0 Å². The minimum Gasteiger partial charge on any atom is -0.386 e. The molecule has 0 aliphatic rings. The van der Waals surface area contributed by atoms with Crippen molar-refractivity contribution in [2.75, 3.05) is 0 Å². The zero-order valence-electron chi connectivity index (χ0n) is 24.5. The number of hydrogen-bond donors (Lipinski definition) is 0. The molecule has 46 heavy (non-hydrogen) atoms. The standard InChI is InChI=1S/2C18H15O4P/c2*19-23(20-16-10-4-1-5-11-16,21-17-12-6-2-7-13-17)22-18-14-8-3-9-15-18/h2*1-15H. The third-order valence-electron chi connectivity index (χ3n) is 5.76. The summed E-state index contributed by atoms with van der Waals surface area (Å²) in [4.78, 5) is 0. The third-order valence-corrected chi connectivity index (χ3v) is 8.37. The Bertz CT molecular complexity index is 1470. The lowest BCUT2D eigenvalue weighted by Gasteiger charge is -2.19. The highest BCUT2D eigenvalue weighted by Gasteiger charge is 2.34. The van der Waals surface area contributed by atoms with Gasteiger partial charge in [-0.15, -0.1) is 0 Å². The quantitative estimate of drug-likeness (QED) is 0.121. The molecule has 10 heteroatoms. The van der Waals surface area contributed by atoms with E-state index in [-0.39, 0.29) is 0 Å². The fraction of sp³-hybridized carbons (Fsp3) is 0. The van der Waals surface area contributed by atoms with E-state index in [9.17, 15) is 9.13 Å². The molecule has 0 spiro atoms. The molecule has 0 aliphatic carbocycles. The summed E-state index contributed by atoms with van der Waals surface area (Å²) in [6.45, 7) is 0. The number of rotatable bonds is 12. The zero-order chi connectivity index (χ0) is 31.9. The van der Waals surface area contributed by atoms with Crippen LogP contribution in [0.2, 0.25) is 0 Å². The van der Waals surface area contributed by atoms with E-state index in [1.54, 1.807) is 146 Å². The smallest absolute Gasteiger partial charge is 0.386 e. The van der Waals surface area contributed by atoms with Crippen molar-refractivity contribution in [2.24, 2.45) is 0 Å². The number of para-hydroxylation sites is 6. The molecule has 8 nitrogen and oxygen atoms in total. The molecule has 6 rings (SSSR count). The maximum absolute atomic E-state index is 13.1. The SMILES string of the molecule is O=P(Oc1ccccc1)(Oc1ccccc1)Oc1ccccc1.O=P(Oc1ccccc1)(Oc1ccccc1)Oc1ccccc1. The Labute approximate surface area is 268 Å². The molecule has 232 valence electrons. The molecule has 0 unspecified atom stereocenters. The largest absolute Gasteiger partial charge is 0.647 e. The zero-order valence-corrected chi connectivity index (χ0v) is 26.3. The Balaban J connectivity index is 0.000000181. The molecule has 0 atom stereocenters. The van der Waals surface area contributed by atoms with Crippen LogP contribution in [0.25, 0.3) is 0 Å². The van der Waals surface area contributed by atoms with Crippen molar-refractivity contribution in [3.8, 4) is 34.5 Å². The minimum atomic E-state index is -3.89. The van der Waals surface area contributed by atoms with Gasteiger partial charge < -0.3 is 27.1 Å². The van der Waals surface area contributed by atoms with E-state index in [1.807, 2.05) is 36.4 Å². The second-order valence-electron chi connectivity index (χ2n) is 9.32. The lowest BCUT2D eigenvalue weighted by molar-refractivity contribution is 0.296. The van der Waals surface area contributed by atoms with Crippen molar-refractivity contribution >= 4 is 15.6 Å². The lowest BCUT2D eigenvalue weighted by Crippen LogP contribution is -2.07. The van der Waals surface area contributed by atoms with Crippen LogP contribution in [0.15, 0.2) is 182 Å². The average Bonchev–Trinajstić information content (AvgIpc) is 3.07. The Morgan fingerprint density at radius 1 is 0.239 bits per heavy atom. The number of benzene rings is 6. The van der Waals surface area contributed by atoms with E-state index in [2.05, 4.69) is 0 Å². The summed E-state index contributed by atoms with van der Waals surface area (Å²) < 4.78 is 59.2. The highest BCUT2D eigenvalue weighted by molar-refractivity contribution is 7.50. The summed E-state index contributed by atoms with van der Waals surface area (Å²) in [6.07, 6.45) is 0. The molecular weight excluding hydrogens is 622 g/mol. The summed E-state index contributed by atoms with van der Waals surface area (Å²) in [6, 6.07) is 52.7. The van der Waals surface area contributed by atoms with E-state index >= 15 is 0 Å². The fourth-order valence-electron chi connectivity index (χ4n) is 3.77. The van der Waals surface area contributed by atoms with E-state index in [4.69, 9.17) is 27.1 Å². The van der Waals surface area contributed by atoms with Crippen LogP contribution < -0.4 is 27.1 Å². The van der Waals surface area contributed by atoms with Gasteiger partial charge in [-0.05, 0) is 72.8 Å². The molecule has 0 aromatic heterocycles. The maximum Gasteiger partial charge on any atom is 0.647 e. The van der Waals surface area contributed by atoms with Gasteiger partial charge in [0.1, 0.15) is 34.5 Å². The van der Waals surface area contributed by atoms with Gasteiger partial charge in [-0.2, -0.15) is 9.13 Å². The second kappa shape index (κ2) is 16.1. The van der Waals surface area contributed by atoms with Gasteiger partial charge in [-0.1, -0.05) is 109 Å². The van der Waals surface area contributed by atoms with Crippen LogP contribution in [0.5, 0.6) is 34.5 Å². The first-order chi connectivity index (χ1) is 22.5. The first kappa shape index (κ1) is 32.0. The van der Waals surface area contributed by atoms with Crippen molar-refractivity contribution in [1.82, 2.24) is 0 Å². The summed E-state index contributed by atoms with van der Waals surface area (Å²) in [7, 11) is -7.77. The van der Waals surface area contributed by atoms with Crippen molar-refractivity contribution in [3.05, 3.63) is 182 Å². The van der Waals surface area contributed by atoms with Gasteiger partial charge in [0.25, 0.3) is 0 Å². The molecule has 0 saturated heterocycles. The molecule has 0 radical (unpaired) electrons. The molecule has 0 heterocycles. The van der Waals surface area contributed by atoms with Gasteiger partial charge in [-0.25, -0.2) is 0 Å². The van der Waals surface area contributed by atoms with Crippen LogP contribution in [0.4, 0.5) is 0 Å². The van der Waals surface area contributed by atoms with E-state index < -0.39 is 15.6 Å². The number of phosphoric acid groups is 2. The first-order valence-corrected chi connectivity index (χ1v) is 17.1. The molecule has 6 aromatic carbocycles. The summed E-state index contributed by atoms with van der Waals surface area (Å²) in [5, 5.41) is 0. The summed E-state index contributed by atoms with van der Waals surface area (Å²) >= 11 is 0. The minimum absolute atomic E-state index is 0.405. The van der Waals surface area contributed by atoms with Crippen LogP contribution in [-0.4, -0.2) is 0 Å². The van der Waals surface area contributed by atoms with Crippen molar-refractivity contribution in [2.45, 2.75) is 0 Å². The molecule has 0 fully saturated rings. The van der Waals surface area contributed by atoms with Crippen LogP contribution in [0, 0.1) is 0 Å². The van der Waals surface area contributed by atoms with Gasteiger partial charge >= 0.3 is 15.6 Å². The van der Waals surface area contributed by atoms with Gasteiger partial charge in [0, 0.05) is 0 Å². The Morgan fingerprint density at radius 3 is 0.500 bits per heavy atom. The van der Waals surface area contributed by atoms with Crippen LogP contribution in [0.1, 0.15) is 0 Å². The summed E-state index contributed by atoms with van der Waals surface area (Å²) in [5.74, 6) is 2.43. The first-order valence-electron chi connectivity index (χ1n) is 14.1. The fourth-order valence-corrected chi connectivity index (χ4v) is 6.28. The van der Waals surface area contributed by atoms with Gasteiger partial charge in [0.05, 0.1) is 0 Å². The van der Waals surface area contributed by atoms with Crippen molar-refractivity contribution in [3.63, 3.8) is 0 Å². The molecule has 0 bridgehead atoms. The van der Waals surface area contributed by atoms with Crippen LogP contribution in [0.3, 0.4) is 0 Å². The predicted octanol–water partition coefficient (Wildman–Crippen LogP) is 10.7. The van der Waals surface area contributed by atoms with Crippen molar-refractivity contribution in [1.29, 1.82) is 0 Å². The normalized spacial score (nSPS) is 10.8. The van der Waals surface area contributed by atoms with Crippen LogP contribution in [-0.2, 0) is 9.13 Å². The Kier molecular flexibility index (Phi) is 11.2. The molecule has 6 aromatic rings. The monoisotopic (exact) mass is 652 g/mol. The topological polar surface area (TPSA) is 89.5 Å². The van der Waals surface area contributed by atoms with Crippen molar-refractivity contribution < 1.29 is 36.3 Å². The van der Waals surface area contributed by atoms with Gasteiger partial charge in [0.2, 0.25) is 0 Å².